The van der Waals surface area contributed by atoms with E-state index in [2.05, 4.69) is 104 Å². The Morgan fingerprint density at radius 3 is 2.44 bits per heavy atom. The summed E-state index contributed by atoms with van der Waals surface area (Å²) in [4.78, 5) is 15.9. The van der Waals surface area contributed by atoms with Crippen LogP contribution in [0.5, 0.6) is 0 Å². The molecule has 4 heteroatoms. The number of fused-ring (bicyclic) bond motifs is 3. The van der Waals surface area contributed by atoms with Crippen molar-refractivity contribution in [2.75, 3.05) is 5.32 Å². The van der Waals surface area contributed by atoms with Crippen molar-refractivity contribution in [2.45, 2.75) is 46.2 Å². The largest absolute Gasteiger partial charge is 0.322 e. The average molecular weight is 450 g/mol. The van der Waals surface area contributed by atoms with Gasteiger partial charge in [-0.2, -0.15) is 0 Å². The third-order valence-electron chi connectivity index (χ3n) is 6.99. The van der Waals surface area contributed by atoms with Gasteiger partial charge in [-0.05, 0) is 71.8 Å². The zero-order valence-electron chi connectivity index (χ0n) is 20.2. The monoisotopic (exact) mass is 449 g/mol. The number of para-hydroxylation sites is 1. The molecule has 0 saturated carbocycles. The molecule has 1 N–H and O–H groups in total. The van der Waals surface area contributed by atoms with Crippen molar-refractivity contribution in [3.8, 4) is 5.69 Å². The van der Waals surface area contributed by atoms with Crippen molar-refractivity contribution in [3.05, 3.63) is 119 Å². The molecule has 34 heavy (non-hydrogen) atoms. The third-order valence-corrected chi connectivity index (χ3v) is 6.99. The number of benzene rings is 3. The van der Waals surface area contributed by atoms with Crippen molar-refractivity contribution >= 4 is 11.7 Å². The van der Waals surface area contributed by atoms with E-state index < -0.39 is 0 Å². The Hall–Kier alpha value is -3.79. The van der Waals surface area contributed by atoms with Gasteiger partial charge in [0.15, 0.2) is 0 Å². The van der Waals surface area contributed by atoms with Crippen LogP contribution in [0.2, 0.25) is 0 Å². The van der Waals surface area contributed by atoms with Gasteiger partial charge in [-0.3, -0.25) is 0 Å². The van der Waals surface area contributed by atoms with E-state index in [0.29, 0.717) is 12.5 Å². The molecule has 172 valence electrons. The maximum Gasteiger partial charge on any atom is 0.322 e. The number of nitrogens with zero attached hydrogens (tertiary/aromatic N) is 2. The fraction of sp³-hybridized carbons (Fsp3) is 0.233. The number of carbonyl (C=O) groups excluding carboxylic acids is 1. The molecule has 2 heterocycles. The second kappa shape index (κ2) is 8.86. The van der Waals surface area contributed by atoms with E-state index in [0.717, 1.165) is 39.3 Å². The highest BCUT2D eigenvalue weighted by atomic mass is 16.2. The highest BCUT2D eigenvalue weighted by Gasteiger charge is 2.33. The lowest BCUT2D eigenvalue weighted by Crippen LogP contribution is -2.38. The number of hydrogen-bond donors (Lipinski definition) is 1. The van der Waals surface area contributed by atoms with Crippen LogP contribution in [0.3, 0.4) is 0 Å². The van der Waals surface area contributed by atoms with Gasteiger partial charge in [0.25, 0.3) is 0 Å². The van der Waals surface area contributed by atoms with Crippen molar-refractivity contribution in [2.24, 2.45) is 0 Å². The Labute approximate surface area is 201 Å². The first-order valence-electron chi connectivity index (χ1n) is 11.9. The maximum absolute atomic E-state index is 13.9. The molecule has 0 aliphatic carbocycles. The van der Waals surface area contributed by atoms with Gasteiger partial charge in [-0.1, -0.05) is 68.4 Å². The SMILES string of the molecule is Cc1cccc(NC(=O)N2Cc3ccccc3-n3cccc3C2c2ccc(C(C)C)cc2)c1C. The molecule has 0 fully saturated rings. The minimum atomic E-state index is -0.214. The molecule has 3 aromatic carbocycles. The summed E-state index contributed by atoms with van der Waals surface area (Å²) in [7, 11) is 0. The lowest BCUT2D eigenvalue weighted by Gasteiger charge is -2.31. The summed E-state index contributed by atoms with van der Waals surface area (Å²) in [5, 5.41) is 3.21. The predicted molar refractivity (Wildman–Crippen MR) is 139 cm³/mol. The molecule has 0 radical (unpaired) electrons. The second-order valence-electron chi connectivity index (χ2n) is 9.46. The van der Waals surface area contributed by atoms with Crippen LogP contribution in [0.4, 0.5) is 10.5 Å². The summed E-state index contributed by atoms with van der Waals surface area (Å²) in [6, 6.07) is 27.0. The fourth-order valence-electron chi connectivity index (χ4n) is 4.83. The number of urea groups is 1. The molecule has 1 aliphatic heterocycles. The van der Waals surface area contributed by atoms with E-state index in [9.17, 15) is 4.79 Å². The minimum Gasteiger partial charge on any atom is -0.318 e. The molecule has 1 unspecified atom stereocenters. The van der Waals surface area contributed by atoms with Gasteiger partial charge in [-0.25, -0.2) is 4.79 Å². The first-order chi connectivity index (χ1) is 16.4. The van der Waals surface area contributed by atoms with Gasteiger partial charge in [0, 0.05) is 17.6 Å². The van der Waals surface area contributed by atoms with Crippen molar-refractivity contribution in [3.63, 3.8) is 0 Å². The number of anilines is 1. The first-order valence-corrected chi connectivity index (χ1v) is 11.9. The number of aromatic nitrogens is 1. The molecular weight excluding hydrogens is 418 g/mol. The van der Waals surface area contributed by atoms with Crippen molar-refractivity contribution < 1.29 is 4.79 Å². The number of hydrogen-bond acceptors (Lipinski definition) is 1. The number of nitrogens with one attached hydrogen (secondary N) is 1. The Kier molecular flexibility index (Phi) is 5.74. The van der Waals surface area contributed by atoms with Gasteiger partial charge in [-0.15, -0.1) is 0 Å². The third kappa shape index (κ3) is 3.90. The molecule has 1 atom stereocenters. The van der Waals surface area contributed by atoms with Gasteiger partial charge in [0.1, 0.15) is 0 Å². The van der Waals surface area contributed by atoms with E-state index in [-0.39, 0.29) is 12.1 Å². The van der Waals surface area contributed by atoms with Crippen LogP contribution in [-0.4, -0.2) is 15.5 Å². The number of rotatable bonds is 3. The second-order valence-corrected chi connectivity index (χ2v) is 9.46. The minimum absolute atomic E-state index is 0.101. The summed E-state index contributed by atoms with van der Waals surface area (Å²) in [6.45, 7) is 9.04. The zero-order chi connectivity index (χ0) is 23.8. The van der Waals surface area contributed by atoms with Crippen LogP contribution in [0.15, 0.2) is 85.1 Å². The number of carbonyl (C=O) groups is 1. The molecule has 0 spiro atoms. The molecule has 2 amide bonds. The number of aryl methyl sites for hydroxylation is 1. The van der Waals surface area contributed by atoms with Crippen molar-refractivity contribution in [1.82, 2.24) is 9.47 Å². The number of amides is 2. The quantitative estimate of drug-likeness (QED) is 0.349. The van der Waals surface area contributed by atoms with Crippen LogP contribution in [0.1, 0.15) is 59.3 Å². The Morgan fingerprint density at radius 1 is 0.912 bits per heavy atom. The molecule has 1 aromatic heterocycles. The predicted octanol–water partition coefficient (Wildman–Crippen LogP) is 7.35. The smallest absolute Gasteiger partial charge is 0.318 e. The van der Waals surface area contributed by atoms with E-state index >= 15 is 0 Å². The highest BCUT2D eigenvalue weighted by molar-refractivity contribution is 5.91. The Bertz CT molecular complexity index is 1330. The van der Waals surface area contributed by atoms with E-state index in [4.69, 9.17) is 0 Å². The van der Waals surface area contributed by atoms with E-state index in [1.54, 1.807) is 0 Å². The van der Waals surface area contributed by atoms with Gasteiger partial charge in [0.05, 0.1) is 18.3 Å². The van der Waals surface area contributed by atoms with Gasteiger partial charge >= 0.3 is 6.03 Å². The molecule has 5 rings (SSSR count). The van der Waals surface area contributed by atoms with Crippen LogP contribution in [0.25, 0.3) is 5.69 Å². The summed E-state index contributed by atoms with van der Waals surface area (Å²) in [5.41, 5.74) is 8.83. The summed E-state index contributed by atoms with van der Waals surface area (Å²) in [6.07, 6.45) is 2.09. The van der Waals surface area contributed by atoms with Gasteiger partial charge in [0.2, 0.25) is 0 Å². The van der Waals surface area contributed by atoms with Crippen LogP contribution in [-0.2, 0) is 6.54 Å². The lowest BCUT2D eigenvalue weighted by molar-refractivity contribution is 0.194. The summed E-state index contributed by atoms with van der Waals surface area (Å²) >= 11 is 0. The molecule has 0 bridgehead atoms. The molecule has 0 saturated heterocycles. The Morgan fingerprint density at radius 2 is 1.68 bits per heavy atom. The topological polar surface area (TPSA) is 37.3 Å². The Balaban J connectivity index is 1.62. The van der Waals surface area contributed by atoms with E-state index in [1.807, 2.05) is 23.1 Å². The normalized spacial score (nSPS) is 15.0. The van der Waals surface area contributed by atoms with Crippen LogP contribution >= 0.6 is 0 Å². The van der Waals surface area contributed by atoms with Crippen LogP contribution in [0, 0.1) is 13.8 Å². The zero-order valence-corrected chi connectivity index (χ0v) is 20.2. The molecule has 1 aliphatic rings. The standard InChI is InChI=1S/C30H31N3O/c1-20(2)23-14-16-24(17-15-23)29-28-13-8-18-32(28)27-12-6-5-10-25(27)19-33(29)30(34)31-26-11-7-9-21(3)22(26)4/h5-18,20,29H,19H2,1-4H3,(H,31,34). The average Bonchev–Trinajstić information content (AvgIpc) is 3.26. The van der Waals surface area contributed by atoms with Gasteiger partial charge < -0.3 is 14.8 Å². The molecule has 4 nitrogen and oxygen atoms in total. The molecular formula is C30H31N3O. The van der Waals surface area contributed by atoms with E-state index in [1.165, 1.54) is 5.56 Å². The summed E-state index contributed by atoms with van der Waals surface area (Å²) < 4.78 is 2.22. The van der Waals surface area contributed by atoms with Crippen LogP contribution < -0.4 is 5.32 Å². The highest BCUT2D eigenvalue weighted by Crippen LogP contribution is 2.37. The van der Waals surface area contributed by atoms with Crippen molar-refractivity contribution in [1.29, 1.82) is 0 Å². The molecule has 4 aromatic rings. The summed E-state index contributed by atoms with van der Waals surface area (Å²) in [5.74, 6) is 0.458. The maximum atomic E-state index is 13.9. The fourth-order valence-corrected chi connectivity index (χ4v) is 4.83. The first kappa shape index (κ1) is 22.0. The lowest BCUT2D eigenvalue weighted by atomic mass is 9.97.